The van der Waals surface area contributed by atoms with Gasteiger partial charge in [-0.05, 0) is 73.2 Å². The molecule has 92 valence electrons. The van der Waals surface area contributed by atoms with Crippen LogP contribution in [0.15, 0.2) is 18.2 Å². The van der Waals surface area contributed by atoms with E-state index in [-0.39, 0.29) is 0 Å². The minimum atomic E-state index is 0.561. The van der Waals surface area contributed by atoms with Gasteiger partial charge in [0.1, 0.15) is 5.75 Å². The zero-order valence-electron chi connectivity index (χ0n) is 10.5. The average Bonchev–Trinajstić information content (AvgIpc) is 3.21. The highest BCUT2D eigenvalue weighted by atomic mass is 16.5. The maximum absolute atomic E-state index is 5.89. The molecule has 0 saturated heterocycles. The Hall–Kier alpha value is -1.02. The molecule has 0 bridgehead atoms. The Kier molecular flexibility index (Phi) is 2.83. The molecule has 0 radical (unpaired) electrons. The molecule has 2 unspecified atom stereocenters. The van der Waals surface area contributed by atoms with Crippen LogP contribution < -0.4 is 10.5 Å². The normalized spacial score (nSPS) is 27.6. The molecule has 0 heterocycles. The fourth-order valence-electron chi connectivity index (χ4n) is 3.30. The fourth-order valence-corrected chi connectivity index (χ4v) is 3.30. The Bertz CT molecular complexity index is 411. The number of benzene rings is 1. The van der Waals surface area contributed by atoms with Crippen LogP contribution in [0.2, 0.25) is 0 Å². The maximum atomic E-state index is 5.89. The third-order valence-corrected chi connectivity index (χ3v) is 4.43. The van der Waals surface area contributed by atoms with Crippen LogP contribution in [0.3, 0.4) is 0 Å². The van der Waals surface area contributed by atoms with Gasteiger partial charge in [-0.1, -0.05) is 6.07 Å². The molecule has 17 heavy (non-hydrogen) atoms. The number of nitrogens with two attached hydrogens (primary N) is 1. The molecule has 0 spiro atoms. The van der Waals surface area contributed by atoms with Crippen molar-refractivity contribution in [3.63, 3.8) is 0 Å². The highest BCUT2D eigenvalue weighted by Crippen LogP contribution is 2.51. The Morgan fingerprint density at radius 3 is 2.65 bits per heavy atom. The lowest BCUT2D eigenvalue weighted by Crippen LogP contribution is -2.21. The lowest BCUT2D eigenvalue weighted by molar-refractivity contribution is 0.407. The van der Waals surface area contributed by atoms with Gasteiger partial charge in [0, 0.05) is 0 Å². The molecule has 1 saturated carbocycles. The smallest absolute Gasteiger partial charge is 0.119 e. The summed E-state index contributed by atoms with van der Waals surface area (Å²) in [6.45, 7) is 0.775. The monoisotopic (exact) mass is 231 g/mol. The Balaban J connectivity index is 2.01. The SMILES string of the molecule is COc1ccc2c(c1)C(C1CC1)CCC2CN. The summed E-state index contributed by atoms with van der Waals surface area (Å²) < 4.78 is 5.37. The first-order valence-electron chi connectivity index (χ1n) is 6.71. The molecular weight excluding hydrogens is 210 g/mol. The first-order valence-corrected chi connectivity index (χ1v) is 6.71. The second kappa shape index (κ2) is 4.34. The number of methoxy groups -OCH3 is 1. The molecule has 3 rings (SSSR count). The molecule has 1 fully saturated rings. The summed E-state index contributed by atoms with van der Waals surface area (Å²) in [6.07, 6.45) is 5.40. The number of hydrogen-bond donors (Lipinski definition) is 1. The second-order valence-corrected chi connectivity index (χ2v) is 5.45. The predicted octanol–water partition coefficient (Wildman–Crippen LogP) is 3.02. The largest absolute Gasteiger partial charge is 0.497 e. The van der Waals surface area contributed by atoms with Crippen molar-refractivity contribution < 1.29 is 4.74 Å². The van der Waals surface area contributed by atoms with Crippen LogP contribution in [0.4, 0.5) is 0 Å². The van der Waals surface area contributed by atoms with Gasteiger partial charge in [0.15, 0.2) is 0 Å². The lowest BCUT2D eigenvalue weighted by atomic mass is 9.74. The van der Waals surface area contributed by atoms with Gasteiger partial charge in [0.25, 0.3) is 0 Å². The van der Waals surface area contributed by atoms with E-state index in [9.17, 15) is 0 Å². The number of hydrogen-bond acceptors (Lipinski definition) is 2. The molecule has 2 atom stereocenters. The van der Waals surface area contributed by atoms with Gasteiger partial charge in [-0.15, -0.1) is 0 Å². The Morgan fingerprint density at radius 2 is 2.00 bits per heavy atom. The number of fused-ring (bicyclic) bond motifs is 1. The summed E-state index contributed by atoms with van der Waals surface area (Å²) in [6, 6.07) is 6.57. The van der Waals surface area contributed by atoms with Gasteiger partial charge in [-0.3, -0.25) is 0 Å². The Labute approximate surface area is 103 Å². The molecule has 0 aromatic heterocycles. The Morgan fingerprint density at radius 1 is 1.18 bits per heavy atom. The van der Waals surface area contributed by atoms with E-state index >= 15 is 0 Å². The van der Waals surface area contributed by atoms with Gasteiger partial charge < -0.3 is 10.5 Å². The van der Waals surface area contributed by atoms with Crippen LogP contribution in [0.1, 0.15) is 48.6 Å². The molecule has 1 aromatic carbocycles. The highest BCUT2D eigenvalue weighted by Gasteiger charge is 2.37. The average molecular weight is 231 g/mol. The zero-order valence-corrected chi connectivity index (χ0v) is 10.5. The minimum Gasteiger partial charge on any atom is -0.497 e. The van der Waals surface area contributed by atoms with E-state index in [4.69, 9.17) is 10.5 Å². The van der Waals surface area contributed by atoms with Crippen LogP contribution >= 0.6 is 0 Å². The van der Waals surface area contributed by atoms with Crippen molar-refractivity contribution in [3.8, 4) is 5.75 Å². The van der Waals surface area contributed by atoms with Gasteiger partial charge in [-0.2, -0.15) is 0 Å². The van der Waals surface area contributed by atoms with Crippen LogP contribution in [0, 0.1) is 5.92 Å². The van der Waals surface area contributed by atoms with Crippen molar-refractivity contribution in [3.05, 3.63) is 29.3 Å². The lowest BCUT2D eigenvalue weighted by Gasteiger charge is -2.31. The summed E-state index contributed by atoms with van der Waals surface area (Å²) in [5, 5.41) is 0. The molecule has 1 aromatic rings. The van der Waals surface area contributed by atoms with Crippen LogP contribution in [0.25, 0.3) is 0 Å². The summed E-state index contributed by atoms with van der Waals surface area (Å²) in [7, 11) is 1.75. The summed E-state index contributed by atoms with van der Waals surface area (Å²) in [4.78, 5) is 0. The van der Waals surface area contributed by atoms with Crippen molar-refractivity contribution in [2.75, 3.05) is 13.7 Å². The molecule has 0 amide bonds. The van der Waals surface area contributed by atoms with Crippen molar-refractivity contribution in [2.24, 2.45) is 11.7 Å². The van der Waals surface area contributed by atoms with E-state index in [1.165, 1.54) is 36.8 Å². The number of rotatable bonds is 3. The van der Waals surface area contributed by atoms with Gasteiger partial charge in [0.05, 0.1) is 7.11 Å². The first kappa shape index (κ1) is 11.1. The fraction of sp³-hybridized carbons (Fsp3) is 0.600. The third-order valence-electron chi connectivity index (χ3n) is 4.43. The van der Waals surface area contributed by atoms with E-state index in [1.807, 2.05) is 0 Å². The molecule has 2 N–H and O–H groups in total. The molecule has 0 aliphatic heterocycles. The highest BCUT2D eigenvalue weighted by molar-refractivity contribution is 5.42. The third kappa shape index (κ3) is 1.95. The van der Waals surface area contributed by atoms with E-state index in [1.54, 1.807) is 7.11 Å². The van der Waals surface area contributed by atoms with Gasteiger partial charge in [0.2, 0.25) is 0 Å². The van der Waals surface area contributed by atoms with Crippen molar-refractivity contribution in [2.45, 2.75) is 37.5 Å². The molecule has 2 nitrogen and oxygen atoms in total. The van der Waals surface area contributed by atoms with Crippen LogP contribution in [0.5, 0.6) is 5.75 Å². The van der Waals surface area contributed by atoms with E-state index in [0.717, 1.165) is 24.1 Å². The summed E-state index contributed by atoms with van der Waals surface area (Å²) in [5.74, 6) is 3.25. The number of ether oxygens (including phenoxy) is 1. The molecule has 2 aliphatic carbocycles. The quantitative estimate of drug-likeness (QED) is 0.868. The molecule has 2 aliphatic rings. The zero-order chi connectivity index (χ0) is 11.8. The van der Waals surface area contributed by atoms with E-state index in [2.05, 4.69) is 18.2 Å². The molecule has 2 heteroatoms. The van der Waals surface area contributed by atoms with E-state index < -0.39 is 0 Å². The minimum absolute atomic E-state index is 0.561. The summed E-state index contributed by atoms with van der Waals surface area (Å²) in [5.41, 5.74) is 8.90. The van der Waals surface area contributed by atoms with Crippen LogP contribution in [-0.4, -0.2) is 13.7 Å². The van der Waals surface area contributed by atoms with Crippen molar-refractivity contribution in [1.82, 2.24) is 0 Å². The van der Waals surface area contributed by atoms with Gasteiger partial charge in [-0.25, -0.2) is 0 Å². The van der Waals surface area contributed by atoms with E-state index in [0.29, 0.717) is 5.92 Å². The van der Waals surface area contributed by atoms with Gasteiger partial charge >= 0.3 is 0 Å². The van der Waals surface area contributed by atoms with Crippen molar-refractivity contribution >= 4 is 0 Å². The first-order chi connectivity index (χ1) is 8.33. The van der Waals surface area contributed by atoms with Crippen molar-refractivity contribution in [1.29, 1.82) is 0 Å². The van der Waals surface area contributed by atoms with Crippen LogP contribution in [-0.2, 0) is 0 Å². The predicted molar refractivity (Wildman–Crippen MR) is 69.5 cm³/mol. The second-order valence-electron chi connectivity index (χ2n) is 5.45. The topological polar surface area (TPSA) is 35.2 Å². The maximum Gasteiger partial charge on any atom is 0.119 e. The molecular formula is C15H21NO. The summed E-state index contributed by atoms with van der Waals surface area (Å²) >= 11 is 0. The standard InChI is InChI=1S/C15H21NO/c1-17-12-5-7-14-11(9-16)4-6-13(10-2-3-10)15(14)8-12/h5,7-8,10-11,13H,2-4,6,9,16H2,1H3.